The summed E-state index contributed by atoms with van der Waals surface area (Å²) in [5.74, 6) is 0.687. The second-order valence-corrected chi connectivity index (χ2v) is 6.22. The Hall–Kier alpha value is -1.80. The molecule has 0 radical (unpaired) electrons. The van der Waals surface area contributed by atoms with E-state index in [0.717, 1.165) is 19.5 Å². The minimum Gasteiger partial charge on any atom is -0.385 e. The molecule has 0 heterocycles. The first kappa shape index (κ1) is 15.1. The average molecular weight is 294 g/mol. The van der Waals surface area contributed by atoms with Crippen molar-refractivity contribution in [3.63, 3.8) is 0 Å². The lowest BCUT2D eigenvalue weighted by molar-refractivity contribution is 0.529. The van der Waals surface area contributed by atoms with Gasteiger partial charge in [0.25, 0.3) is 0 Å². The first-order valence-corrected chi connectivity index (χ1v) is 8.42. The second kappa shape index (κ2) is 7.46. The van der Waals surface area contributed by atoms with Crippen molar-refractivity contribution in [2.24, 2.45) is 0 Å². The summed E-state index contributed by atoms with van der Waals surface area (Å²) in [6.07, 6.45) is 4.92. The van der Waals surface area contributed by atoms with E-state index >= 15 is 0 Å². The Labute approximate surface area is 134 Å². The highest BCUT2D eigenvalue weighted by atomic mass is 14.9. The van der Waals surface area contributed by atoms with Crippen LogP contribution in [0.5, 0.6) is 0 Å². The van der Waals surface area contributed by atoms with Gasteiger partial charge in [0.15, 0.2) is 0 Å². The van der Waals surface area contributed by atoms with Gasteiger partial charge in [-0.05, 0) is 67.5 Å². The molecule has 0 spiro atoms. The van der Waals surface area contributed by atoms with Crippen LogP contribution in [-0.4, -0.2) is 20.1 Å². The summed E-state index contributed by atoms with van der Waals surface area (Å²) in [5, 5.41) is 6.90. The highest BCUT2D eigenvalue weighted by Crippen LogP contribution is 2.32. The molecule has 2 heteroatoms. The van der Waals surface area contributed by atoms with Crippen molar-refractivity contribution < 1.29 is 0 Å². The summed E-state index contributed by atoms with van der Waals surface area (Å²) in [7, 11) is 2.05. The number of hydrogen-bond acceptors (Lipinski definition) is 2. The van der Waals surface area contributed by atoms with E-state index < -0.39 is 0 Å². The number of hydrogen-bond donors (Lipinski definition) is 2. The van der Waals surface area contributed by atoms with Gasteiger partial charge in [0.1, 0.15) is 0 Å². The largest absolute Gasteiger partial charge is 0.385 e. The summed E-state index contributed by atoms with van der Waals surface area (Å²) in [5.41, 5.74) is 5.74. The highest BCUT2D eigenvalue weighted by molar-refractivity contribution is 5.50. The maximum atomic E-state index is 3.57. The highest BCUT2D eigenvalue weighted by Gasteiger charge is 2.19. The molecule has 22 heavy (non-hydrogen) atoms. The number of nitrogens with one attached hydrogen (secondary N) is 2. The molecule has 0 aliphatic heterocycles. The number of aryl methyl sites for hydroxylation is 1. The molecule has 0 fully saturated rings. The molecular weight excluding hydrogens is 268 g/mol. The van der Waals surface area contributed by atoms with Crippen LogP contribution in [0.15, 0.2) is 48.5 Å². The van der Waals surface area contributed by atoms with Gasteiger partial charge in [-0.2, -0.15) is 0 Å². The molecule has 0 amide bonds. The molecule has 1 unspecified atom stereocenters. The third-order valence-electron chi connectivity index (χ3n) is 4.62. The van der Waals surface area contributed by atoms with Gasteiger partial charge in [0.05, 0.1) is 0 Å². The van der Waals surface area contributed by atoms with Crippen LogP contribution in [0.1, 0.15) is 35.4 Å². The summed E-state index contributed by atoms with van der Waals surface area (Å²) < 4.78 is 0. The zero-order valence-corrected chi connectivity index (χ0v) is 13.4. The van der Waals surface area contributed by atoms with Gasteiger partial charge in [-0.3, -0.25) is 0 Å². The van der Waals surface area contributed by atoms with Crippen molar-refractivity contribution >= 4 is 5.69 Å². The van der Waals surface area contributed by atoms with Gasteiger partial charge in [0.2, 0.25) is 0 Å². The molecule has 0 saturated carbocycles. The topological polar surface area (TPSA) is 24.1 Å². The molecule has 0 bridgehead atoms. The molecule has 3 rings (SSSR count). The Morgan fingerprint density at radius 2 is 1.95 bits per heavy atom. The Morgan fingerprint density at radius 3 is 2.77 bits per heavy atom. The molecular formula is C20H26N2. The van der Waals surface area contributed by atoms with Crippen LogP contribution in [0.25, 0.3) is 0 Å². The normalized spacial score (nSPS) is 17.0. The first-order valence-electron chi connectivity index (χ1n) is 8.42. The third-order valence-corrected chi connectivity index (χ3v) is 4.62. The van der Waals surface area contributed by atoms with Gasteiger partial charge in [-0.25, -0.2) is 0 Å². The predicted octanol–water partition coefficient (Wildman–Crippen LogP) is 3.98. The Balaban J connectivity index is 1.61. The number of fused-ring (bicyclic) bond motifs is 1. The zero-order chi connectivity index (χ0) is 15.2. The number of anilines is 1. The minimum absolute atomic E-state index is 0.687. The van der Waals surface area contributed by atoms with E-state index in [1.54, 1.807) is 5.56 Å². The van der Waals surface area contributed by atoms with E-state index in [-0.39, 0.29) is 0 Å². The Bertz CT molecular complexity index is 592. The van der Waals surface area contributed by atoms with Crippen LogP contribution in [0.4, 0.5) is 5.69 Å². The number of likely N-dealkylation sites (N-methyl/N-ethyl adjacent to an activating group) is 1. The van der Waals surface area contributed by atoms with Gasteiger partial charge >= 0.3 is 0 Å². The Morgan fingerprint density at radius 1 is 1.09 bits per heavy atom. The van der Waals surface area contributed by atoms with Crippen molar-refractivity contribution in [1.82, 2.24) is 5.32 Å². The van der Waals surface area contributed by atoms with Gasteiger partial charge in [-0.1, -0.05) is 36.4 Å². The molecule has 1 atom stereocenters. The van der Waals surface area contributed by atoms with E-state index in [2.05, 4.69) is 59.2 Å². The van der Waals surface area contributed by atoms with E-state index in [1.165, 1.54) is 36.1 Å². The molecule has 2 nitrogen and oxygen atoms in total. The standard InChI is InChI=1S/C20H26N2/c1-21-15-18-9-5-8-17-14-19(10-11-20(17)18)22-13-12-16-6-3-2-4-7-16/h2-4,6-7,10-11,14,18,21-22H,5,8-9,12-13,15H2,1H3. The molecule has 2 N–H and O–H groups in total. The number of rotatable bonds is 6. The quantitative estimate of drug-likeness (QED) is 0.842. The molecule has 1 aliphatic carbocycles. The second-order valence-electron chi connectivity index (χ2n) is 6.22. The van der Waals surface area contributed by atoms with Crippen LogP contribution < -0.4 is 10.6 Å². The monoisotopic (exact) mass is 294 g/mol. The molecule has 0 aromatic heterocycles. The minimum atomic E-state index is 0.687. The van der Waals surface area contributed by atoms with Crippen molar-refractivity contribution in [3.8, 4) is 0 Å². The van der Waals surface area contributed by atoms with E-state index in [0.29, 0.717) is 5.92 Å². The van der Waals surface area contributed by atoms with E-state index in [1.807, 2.05) is 7.05 Å². The molecule has 2 aromatic rings. The number of benzene rings is 2. The SMILES string of the molecule is CNCC1CCCc2cc(NCCc3ccccc3)ccc21. The molecule has 2 aromatic carbocycles. The maximum absolute atomic E-state index is 3.57. The lowest BCUT2D eigenvalue weighted by atomic mass is 9.82. The summed E-state index contributed by atoms with van der Waals surface area (Å²) in [6, 6.07) is 17.6. The van der Waals surface area contributed by atoms with Crippen molar-refractivity contribution in [2.45, 2.75) is 31.6 Å². The van der Waals surface area contributed by atoms with E-state index in [9.17, 15) is 0 Å². The fourth-order valence-corrected chi connectivity index (χ4v) is 3.48. The summed E-state index contributed by atoms with van der Waals surface area (Å²) >= 11 is 0. The Kier molecular flexibility index (Phi) is 5.12. The summed E-state index contributed by atoms with van der Waals surface area (Å²) in [4.78, 5) is 0. The predicted molar refractivity (Wildman–Crippen MR) is 94.7 cm³/mol. The average Bonchev–Trinajstić information content (AvgIpc) is 2.56. The fourth-order valence-electron chi connectivity index (χ4n) is 3.48. The lowest BCUT2D eigenvalue weighted by Gasteiger charge is -2.26. The lowest BCUT2D eigenvalue weighted by Crippen LogP contribution is -2.21. The van der Waals surface area contributed by atoms with Gasteiger partial charge in [0, 0.05) is 18.8 Å². The van der Waals surface area contributed by atoms with Crippen molar-refractivity contribution in [2.75, 3.05) is 25.5 Å². The van der Waals surface area contributed by atoms with Crippen LogP contribution >= 0.6 is 0 Å². The molecule has 116 valence electrons. The first-order chi connectivity index (χ1) is 10.9. The smallest absolute Gasteiger partial charge is 0.0343 e. The van der Waals surface area contributed by atoms with Crippen molar-refractivity contribution in [3.05, 3.63) is 65.2 Å². The van der Waals surface area contributed by atoms with Gasteiger partial charge < -0.3 is 10.6 Å². The van der Waals surface area contributed by atoms with E-state index in [4.69, 9.17) is 0 Å². The van der Waals surface area contributed by atoms with Crippen molar-refractivity contribution in [1.29, 1.82) is 0 Å². The van der Waals surface area contributed by atoms with Crippen LogP contribution in [0, 0.1) is 0 Å². The summed E-state index contributed by atoms with van der Waals surface area (Å²) in [6.45, 7) is 2.08. The van der Waals surface area contributed by atoms with Crippen LogP contribution in [-0.2, 0) is 12.8 Å². The third kappa shape index (κ3) is 3.69. The molecule has 1 aliphatic rings. The molecule has 0 saturated heterocycles. The maximum Gasteiger partial charge on any atom is 0.0343 e. The van der Waals surface area contributed by atoms with Crippen LogP contribution in [0.2, 0.25) is 0 Å². The van der Waals surface area contributed by atoms with Crippen LogP contribution in [0.3, 0.4) is 0 Å². The van der Waals surface area contributed by atoms with Gasteiger partial charge in [-0.15, -0.1) is 0 Å². The fraction of sp³-hybridized carbons (Fsp3) is 0.400. The zero-order valence-electron chi connectivity index (χ0n) is 13.4.